The predicted octanol–water partition coefficient (Wildman–Crippen LogP) is 2.35. The van der Waals surface area contributed by atoms with Crippen LogP contribution in [0.4, 0.5) is 0 Å². The summed E-state index contributed by atoms with van der Waals surface area (Å²) in [6, 6.07) is 0. The molecule has 0 bridgehead atoms. The van der Waals surface area contributed by atoms with Crippen LogP contribution in [0, 0.1) is 5.92 Å². The highest BCUT2D eigenvalue weighted by Gasteiger charge is 2.05. The Hall–Kier alpha value is -0.300. The van der Waals surface area contributed by atoms with Crippen molar-refractivity contribution < 1.29 is 4.79 Å². The Kier molecular flexibility index (Phi) is 3.55. The van der Waals surface area contributed by atoms with E-state index in [0.29, 0.717) is 12.3 Å². The Morgan fingerprint density at radius 3 is 2.22 bits per heavy atom. The second-order valence-electron chi connectivity index (χ2n) is 2.43. The number of halogens is 1. The van der Waals surface area contributed by atoms with Gasteiger partial charge in [0.1, 0.15) is 0 Å². The molecule has 0 rings (SSSR count). The van der Waals surface area contributed by atoms with Crippen LogP contribution < -0.4 is 0 Å². The monoisotopic (exact) mass is 146 g/mol. The lowest BCUT2D eigenvalue weighted by molar-refractivity contribution is -0.115. The first kappa shape index (κ1) is 8.70. The molecule has 0 radical (unpaired) electrons. The Balaban J connectivity index is 3.65. The van der Waals surface area contributed by atoms with Crippen molar-refractivity contribution >= 4 is 17.4 Å². The topological polar surface area (TPSA) is 17.1 Å². The van der Waals surface area contributed by atoms with Gasteiger partial charge in [-0.25, -0.2) is 0 Å². The van der Waals surface area contributed by atoms with E-state index in [0.717, 1.165) is 0 Å². The van der Waals surface area contributed by atoms with Gasteiger partial charge < -0.3 is 0 Å². The lowest BCUT2D eigenvalue weighted by atomic mass is 10.1. The van der Waals surface area contributed by atoms with Gasteiger partial charge in [-0.05, 0) is 5.92 Å². The number of ketones is 1. The zero-order chi connectivity index (χ0) is 7.44. The van der Waals surface area contributed by atoms with Crippen LogP contribution in [-0.2, 0) is 4.79 Å². The molecule has 0 aromatic carbocycles. The van der Waals surface area contributed by atoms with Crippen molar-refractivity contribution in [1.82, 2.24) is 0 Å². The average Bonchev–Trinajstić information content (AvgIpc) is 1.63. The summed E-state index contributed by atoms with van der Waals surface area (Å²) in [5.41, 5.74) is 0. The molecule has 0 unspecified atom stereocenters. The second-order valence-corrected chi connectivity index (χ2v) is 2.88. The van der Waals surface area contributed by atoms with Crippen LogP contribution in [0.5, 0.6) is 0 Å². The van der Waals surface area contributed by atoms with Gasteiger partial charge >= 0.3 is 0 Å². The number of Topliss-reactive ketones (excluding diaryl/α,β-unsaturated/α-hetero) is 1. The van der Waals surface area contributed by atoms with Crippen molar-refractivity contribution in [2.45, 2.75) is 20.3 Å². The highest BCUT2D eigenvalue weighted by atomic mass is 35.5. The van der Waals surface area contributed by atoms with Crippen LogP contribution >= 0.6 is 11.6 Å². The van der Waals surface area contributed by atoms with Gasteiger partial charge in [0.15, 0.2) is 5.78 Å². The van der Waals surface area contributed by atoms with Gasteiger partial charge in [0.05, 0.1) is 5.03 Å². The molecule has 0 aliphatic heterocycles. The van der Waals surface area contributed by atoms with E-state index in [1.54, 1.807) is 0 Å². The number of carbonyl (C=O) groups is 1. The largest absolute Gasteiger partial charge is 0.293 e. The van der Waals surface area contributed by atoms with Gasteiger partial charge in [0, 0.05) is 6.42 Å². The third-order valence-electron chi connectivity index (χ3n) is 0.896. The molecule has 0 heterocycles. The first-order chi connectivity index (χ1) is 4.04. The number of hydrogen-bond acceptors (Lipinski definition) is 1. The quantitative estimate of drug-likeness (QED) is 0.559. The van der Waals surface area contributed by atoms with Gasteiger partial charge in [-0.2, -0.15) is 0 Å². The SMILES string of the molecule is C=C(Cl)C(=O)CC(C)C. The van der Waals surface area contributed by atoms with Crippen molar-refractivity contribution in [2.75, 3.05) is 0 Å². The highest BCUT2D eigenvalue weighted by molar-refractivity contribution is 6.42. The van der Waals surface area contributed by atoms with Gasteiger partial charge in [0.2, 0.25) is 0 Å². The van der Waals surface area contributed by atoms with Crippen LogP contribution in [0.1, 0.15) is 20.3 Å². The van der Waals surface area contributed by atoms with Crippen LogP contribution in [0.2, 0.25) is 0 Å². The predicted molar refractivity (Wildman–Crippen MR) is 39.5 cm³/mol. The standard InChI is InChI=1S/C7H11ClO/c1-5(2)4-7(9)6(3)8/h5H,3-4H2,1-2H3. The fourth-order valence-corrected chi connectivity index (χ4v) is 0.559. The van der Waals surface area contributed by atoms with E-state index in [1.165, 1.54) is 0 Å². The fraction of sp³-hybridized carbons (Fsp3) is 0.571. The Labute approximate surface area is 60.7 Å². The molecule has 0 atom stereocenters. The zero-order valence-corrected chi connectivity index (χ0v) is 6.53. The lowest BCUT2D eigenvalue weighted by Crippen LogP contribution is -2.01. The molecule has 0 aliphatic carbocycles. The zero-order valence-electron chi connectivity index (χ0n) is 5.78. The molecule has 0 aliphatic rings. The molecule has 0 spiro atoms. The highest BCUT2D eigenvalue weighted by Crippen LogP contribution is 2.07. The van der Waals surface area contributed by atoms with Crippen molar-refractivity contribution in [2.24, 2.45) is 5.92 Å². The molecule has 0 fully saturated rings. The van der Waals surface area contributed by atoms with Crippen LogP contribution in [0.15, 0.2) is 11.6 Å². The van der Waals surface area contributed by atoms with Gasteiger partial charge in [0.25, 0.3) is 0 Å². The van der Waals surface area contributed by atoms with Crippen molar-refractivity contribution in [1.29, 1.82) is 0 Å². The second kappa shape index (κ2) is 3.67. The molecule has 0 saturated carbocycles. The van der Waals surface area contributed by atoms with E-state index in [-0.39, 0.29) is 10.8 Å². The summed E-state index contributed by atoms with van der Waals surface area (Å²) in [5, 5.41) is 0.142. The molecule has 0 amide bonds. The third kappa shape index (κ3) is 4.22. The third-order valence-corrected chi connectivity index (χ3v) is 1.11. The van der Waals surface area contributed by atoms with Crippen LogP contribution in [0.3, 0.4) is 0 Å². The molecule has 0 aromatic heterocycles. The Morgan fingerprint density at radius 1 is 1.67 bits per heavy atom. The molecule has 0 N–H and O–H groups in total. The maximum Gasteiger partial charge on any atom is 0.173 e. The minimum Gasteiger partial charge on any atom is -0.293 e. The smallest absolute Gasteiger partial charge is 0.173 e. The summed E-state index contributed by atoms with van der Waals surface area (Å²) in [6.07, 6.45) is 0.502. The Bertz CT molecular complexity index is 127. The molecule has 0 saturated heterocycles. The summed E-state index contributed by atoms with van der Waals surface area (Å²) >= 11 is 5.33. The minimum absolute atomic E-state index is 0.0494. The van der Waals surface area contributed by atoms with E-state index in [1.807, 2.05) is 13.8 Å². The van der Waals surface area contributed by atoms with Gasteiger partial charge in [-0.15, -0.1) is 0 Å². The maximum absolute atomic E-state index is 10.7. The van der Waals surface area contributed by atoms with Gasteiger partial charge in [-0.3, -0.25) is 4.79 Å². The molecule has 0 aromatic rings. The summed E-state index contributed by atoms with van der Waals surface area (Å²) in [7, 11) is 0. The molecular formula is C7H11ClO. The number of allylic oxidation sites excluding steroid dienone is 1. The van der Waals surface area contributed by atoms with E-state index in [4.69, 9.17) is 11.6 Å². The number of rotatable bonds is 3. The van der Waals surface area contributed by atoms with Crippen LogP contribution in [0.25, 0.3) is 0 Å². The number of hydrogen-bond donors (Lipinski definition) is 0. The van der Waals surface area contributed by atoms with E-state index in [2.05, 4.69) is 6.58 Å². The van der Waals surface area contributed by atoms with Crippen molar-refractivity contribution in [3.05, 3.63) is 11.6 Å². The molecule has 1 nitrogen and oxygen atoms in total. The van der Waals surface area contributed by atoms with Gasteiger partial charge in [-0.1, -0.05) is 32.0 Å². The minimum atomic E-state index is -0.0494. The molecule has 2 heteroatoms. The lowest BCUT2D eigenvalue weighted by Gasteiger charge is -1.99. The summed E-state index contributed by atoms with van der Waals surface area (Å²) < 4.78 is 0. The average molecular weight is 147 g/mol. The summed E-state index contributed by atoms with van der Waals surface area (Å²) in [5.74, 6) is 0.319. The van der Waals surface area contributed by atoms with E-state index < -0.39 is 0 Å². The maximum atomic E-state index is 10.7. The van der Waals surface area contributed by atoms with Crippen molar-refractivity contribution in [3.8, 4) is 0 Å². The number of carbonyl (C=O) groups excluding carboxylic acids is 1. The molecule has 9 heavy (non-hydrogen) atoms. The molecular weight excluding hydrogens is 136 g/mol. The first-order valence-electron chi connectivity index (χ1n) is 2.91. The van der Waals surface area contributed by atoms with Crippen molar-refractivity contribution in [3.63, 3.8) is 0 Å². The molecule has 52 valence electrons. The first-order valence-corrected chi connectivity index (χ1v) is 3.29. The fourth-order valence-electron chi connectivity index (χ4n) is 0.482. The normalized spacial score (nSPS) is 9.78. The van der Waals surface area contributed by atoms with E-state index in [9.17, 15) is 4.79 Å². The Morgan fingerprint density at radius 2 is 2.11 bits per heavy atom. The summed E-state index contributed by atoms with van der Waals surface area (Å²) in [6.45, 7) is 7.26. The van der Waals surface area contributed by atoms with Crippen LogP contribution in [-0.4, -0.2) is 5.78 Å². The van der Waals surface area contributed by atoms with E-state index >= 15 is 0 Å². The summed E-state index contributed by atoms with van der Waals surface area (Å²) in [4.78, 5) is 10.7.